The van der Waals surface area contributed by atoms with Gasteiger partial charge in [-0.3, -0.25) is 39.1 Å². The monoisotopic (exact) mass is 1200 g/mol. The fraction of sp³-hybridized carbons (Fsp3) is 0.271. The average molecular weight is 1200 g/mol. The van der Waals surface area contributed by atoms with Gasteiger partial charge in [0.1, 0.15) is 44.3 Å². The number of esters is 2. The normalized spacial score (nSPS) is 12.0. The van der Waals surface area contributed by atoms with Crippen molar-refractivity contribution in [3.8, 4) is 6.07 Å². The molecule has 0 atom stereocenters. The number of rotatable bonds is 7. The number of halogens is 2. The third kappa shape index (κ3) is 14.7. The Bertz CT molecular complexity index is 3380. The second-order valence-corrected chi connectivity index (χ2v) is 19.3. The molecule has 10 heterocycles. The molecule has 24 heteroatoms. The summed E-state index contributed by atoms with van der Waals surface area (Å²) in [7, 11) is 0. The number of amides is 1. The smallest absolute Gasteiger partial charge is 0.328 e. The van der Waals surface area contributed by atoms with Crippen LogP contribution in [0.4, 0.5) is 0 Å². The molecule has 22 nitrogen and oxygen atoms in total. The number of nitriles is 1. The molecule has 0 fully saturated rings. The fourth-order valence-electron chi connectivity index (χ4n) is 6.62. The molecular weight excluding hydrogens is 1150 g/mol. The quantitative estimate of drug-likeness (QED) is 0.128. The molecule has 2 aliphatic heterocycles. The van der Waals surface area contributed by atoms with Crippen LogP contribution in [0.1, 0.15) is 80.2 Å². The summed E-state index contributed by atoms with van der Waals surface area (Å²) in [6, 6.07) is 20.4. The Labute approximate surface area is 439 Å². The zero-order valence-electron chi connectivity index (χ0n) is 39.8. The van der Waals surface area contributed by atoms with Gasteiger partial charge in [0, 0.05) is 48.3 Å². The number of carboxylic acid groups (broad SMARTS) is 1. The molecule has 0 spiro atoms. The van der Waals surface area contributed by atoms with Gasteiger partial charge in [0.25, 0.3) is 5.91 Å². The lowest BCUT2D eigenvalue weighted by atomic mass is 10.2. The van der Waals surface area contributed by atoms with Gasteiger partial charge >= 0.3 is 17.9 Å². The van der Waals surface area contributed by atoms with Crippen molar-refractivity contribution in [2.24, 2.45) is 15.7 Å². The molecule has 0 saturated heterocycles. The Morgan fingerprint density at radius 2 is 1.17 bits per heavy atom. The van der Waals surface area contributed by atoms with Crippen molar-refractivity contribution >= 4 is 112 Å². The lowest BCUT2D eigenvalue weighted by Crippen LogP contribution is -2.26. The number of primary amides is 1. The number of nitrogens with zero attached hydrogens (tertiary/aromatic N) is 14. The minimum atomic E-state index is -1.06. The van der Waals surface area contributed by atoms with E-state index in [9.17, 15) is 19.2 Å². The zero-order valence-corrected chi connectivity index (χ0v) is 44.1. The van der Waals surface area contributed by atoms with E-state index in [1.54, 1.807) is 68.3 Å². The highest BCUT2D eigenvalue weighted by atomic mass is 127. The molecule has 0 radical (unpaired) electrons. The minimum absolute atomic E-state index is 0.0318. The number of ether oxygens (including phenoxy) is 2. The number of carbonyl (C=O) groups excluding carboxylic acids is 3. The fourth-order valence-corrected chi connectivity index (χ4v) is 7.96. The summed E-state index contributed by atoms with van der Waals surface area (Å²) < 4.78 is 16.5. The van der Waals surface area contributed by atoms with Gasteiger partial charge in [-0.2, -0.15) is 20.6 Å². The largest absolute Gasteiger partial charge is 0.480 e. The molecule has 370 valence electrons. The molecule has 2 aliphatic rings. The van der Waals surface area contributed by atoms with E-state index in [0.717, 1.165) is 47.5 Å². The molecule has 0 unspecified atom stereocenters. The van der Waals surface area contributed by atoms with Crippen molar-refractivity contribution in [3.63, 3.8) is 0 Å². The molecule has 0 aromatic carbocycles. The van der Waals surface area contributed by atoms with Gasteiger partial charge in [0.2, 0.25) is 0 Å². The molecule has 10 rings (SSSR count). The summed E-state index contributed by atoms with van der Waals surface area (Å²) >= 11 is 4.36. The Balaban J connectivity index is 0.000000151. The third-order valence-electron chi connectivity index (χ3n) is 9.38. The summed E-state index contributed by atoms with van der Waals surface area (Å²) in [5.74, 6) is -2.49. The van der Waals surface area contributed by atoms with E-state index in [1.807, 2.05) is 69.6 Å². The maximum Gasteiger partial charge on any atom is 0.328 e. The highest BCUT2D eigenvalue weighted by Crippen LogP contribution is 2.21. The zero-order chi connectivity index (χ0) is 52.2. The van der Waals surface area contributed by atoms with Crippen LogP contribution in [-0.4, -0.2) is 104 Å². The Morgan fingerprint density at radius 3 is 1.72 bits per heavy atom. The van der Waals surface area contributed by atoms with Gasteiger partial charge in [-0.1, -0.05) is 6.07 Å². The number of nitrogens with two attached hydrogens (primary N) is 1. The highest BCUT2D eigenvalue weighted by Gasteiger charge is 2.21. The van der Waals surface area contributed by atoms with Gasteiger partial charge in [0.15, 0.2) is 28.3 Å². The number of hydrogen-bond donors (Lipinski definition) is 2. The van der Waals surface area contributed by atoms with E-state index in [4.69, 9.17) is 25.6 Å². The molecule has 0 bridgehead atoms. The maximum atomic E-state index is 11.8. The molecule has 8 aromatic rings. The van der Waals surface area contributed by atoms with Crippen molar-refractivity contribution in [1.82, 2.24) is 54.3 Å². The van der Waals surface area contributed by atoms with E-state index in [1.165, 1.54) is 16.4 Å². The van der Waals surface area contributed by atoms with Crippen LogP contribution in [0.2, 0.25) is 0 Å². The van der Waals surface area contributed by atoms with E-state index < -0.39 is 29.0 Å². The third-order valence-corrected chi connectivity index (χ3v) is 11.1. The van der Waals surface area contributed by atoms with Crippen LogP contribution in [0.15, 0.2) is 102 Å². The standard InChI is InChI=1S/C13H14N4O2.C12H14IN3O2.C9H8N4O3.C7H5IN2.C7H6N2/c1-13(2,3)19-11(18)8-17-12-9(5-4-6-15-12)10(7-14)16-17;1-12(2,3)18-9(17)7-16-11-8(10(13)15-16)5-4-6-14-11;10-8(16)7-5-2-1-3-11-9(5)13(12-7)4-6(14)15;8-7-5-2-1-3-9-6(5)4-10-7;1-2-6-4-8-5-7(6)9-3-1/h4-6H,8H2,1-3H3;4-6H,7H2,1-3H3;1-3H,4H2,(H2,10,16)(H,14,15);1-3H,4H2;1-4H,5H2. The van der Waals surface area contributed by atoms with E-state index in [0.29, 0.717) is 27.7 Å². The highest BCUT2D eigenvalue weighted by molar-refractivity contribution is 14.1. The minimum Gasteiger partial charge on any atom is -0.480 e. The number of aromatic nitrogens is 11. The van der Waals surface area contributed by atoms with Crippen molar-refractivity contribution in [2.45, 2.75) is 85.5 Å². The van der Waals surface area contributed by atoms with Crippen molar-refractivity contribution < 1.29 is 33.8 Å². The first-order valence-electron chi connectivity index (χ1n) is 21.7. The van der Waals surface area contributed by atoms with E-state index >= 15 is 0 Å². The Morgan fingerprint density at radius 1 is 0.667 bits per heavy atom. The van der Waals surface area contributed by atoms with Crippen LogP contribution in [0.25, 0.3) is 33.1 Å². The average Bonchev–Trinajstić information content (AvgIpc) is 4.17. The van der Waals surface area contributed by atoms with Crippen LogP contribution < -0.4 is 5.73 Å². The van der Waals surface area contributed by atoms with E-state index in [-0.39, 0.29) is 37.0 Å². The van der Waals surface area contributed by atoms with E-state index in [2.05, 4.69) is 101 Å². The summed E-state index contributed by atoms with van der Waals surface area (Å²) in [5.41, 5.74) is 10.5. The molecule has 0 saturated carbocycles. The Hall–Kier alpha value is -7.67. The first-order chi connectivity index (χ1) is 34.2. The van der Waals surface area contributed by atoms with Gasteiger partial charge in [-0.15, -0.1) is 0 Å². The number of carboxylic acids is 1. The lowest BCUT2D eigenvalue weighted by Gasteiger charge is -2.19. The first kappa shape index (κ1) is 53.7. The summed E-state index contributed by atoms with van der Waals surface area (Å²) in [6.07, 6.45) is 10.2. The number of fused-ring (bicyclic) bond motifs is 5. The Kier molecular flexibility index (Phi) is 17.9. The van der Waals surface area contributed by atoms with Crippen LogP contribution in [0, 0.1) is 15.0 Å². The number of pyridine rings is 5. The van der Waals surface area contributed by atoms with Crippen LogP contribution in [0.3, 0.4) is 0 Å². The summed E-state index contributed by atoms with van der Waals surface area (Å²) in [5, 5.41) is 31.9. The van der Waals surface area contributed by atoms with Gasteiger partial charge < -0.3 is 20.3 Å². The van der Waals surface area contributed by atoms with Crippen LogP contribution in [-0.2, 0) is 56.6 Å². The number of aliphatic carboxylic acids is 1. The van der Waals surface area contributed by atoms with Crippen LogP contribution in [0.5, 0.6) is 0 Å². The predicted molar refractivity (Wildman–Crippen MR) is 282 cm³/mol. The van der Waals surface area contributed by atoms with Gasteiger partial charge in [-0.25, -0.2) is 29.0 Å². The topological polar surface area (TPSA) is 299 Å². The second kappa shape index (κ2) is 24.0. The van der Waals surface area contributed by atoms with Gasteiger partial charge in [0.05, 0.1) is 40.6 Å². The summed E-state index contributed by atoms with van der Waals surface area (Å²) in [6.45, 7) is 12.1. The molecule has 0 aliphatic carbocycles. The first-order valence-corrected chi connectivity index (χ1v) is 23.9. The predicted octanol–water partition coefficient (Wildman–Crippen LogP) is 6.43. The molecular formula is C48H47I2N15O7. The van der Waals surface area contributed by atoms with Crippen molar-refractivity contribution in [2.75, 3.05) is 0 Å². The van der Waals surface area contributed by atoms with Crippen molar-refractivity contribution in [1.29, 1.82) is 5.26 Å². The van der Waals surface area contributed by atoms with Crippen LogP contribution >= 0.6 is 45.2 Å². The van der Waals surface area contributed by atoms with Crippen molar-refractivity contribution in [3.05, 3.63) is 129 Å². The molecule has 3 N–H and O–H groups in total. The number of hydrogen-bond acceptors (Lipinski definition) is 17. The second-order valence-electron chi connectivity index (χ2n) is 17.2. The SMILES string of the molecule is C1=NCc2ncccc21.CC(C)(C)OC(=O)Cn1nc(C#N)c2cccnc21.CC(C)(C)OC(=O)Cn1nc(I)c2cccnc21.IC1=NCc2ncccc21.NC(=O)c1nn(CC(=O)O)c2ncccc12. The number of carbonyl (C=O) groups is 4. The molecule has 8 aromatic heterocycles. The molecule has 72 heavy (non-hydrogen) atoms. The van der Waals surface area contributed by atoms with Gasteiger partial charge in [-0.05, 0) is 141 Å². The summed E-state index contributed by atoms with van der Waals surface area (Å²) in [4.78, 5) is 74.2. The lowest BCUT2D eigenvalue weighted by molar-refractivity contribution is -0.156. The maximum absolute atomic E-state index is 11.8. The molecule has 1 amide bonds. The number of aliphatic imine (C=N–C) groups is 2.